The minimum absolute atomic E-state index is 0.183. The number of thiocarbonyl (C=S) groups is 1. The molecule has 7 nitrogen and oxygen atoms in total. The highest BCUT2D eigenvalue weighted by Gasteiger charge is 2.26. The first kappa shape index (κ1) is 21.6. The SMILES string of the molecule is COC(=O)c1c(NC(=S)NCc2ccc(OC)cc2)sc(C(=O)N(C)C)c1C. The minimum Gasteiger partial charge on any atom is -0.497 e. The van der Waals surface area contributed by atoms with Crippen molar-refractivity contribution in [3.63, 3.8) is 0 Å². The molecule has 1 amide bonds. The Hall–Kier alpha value is -2.65. The number of ether oxygens (including phenoxy) is 2. The van der Waals surface area contributed by atoms with E-state index in [1.807, 2.05) is 24.3 Å². The summed E-state index contributed by atoms with van der Waals surface area (Å²) in [6, 6.07) is 7.59. The molecule has 150 valence electrons. The molecule has 0 spiro atoms. The molecule has 1 heterocycles. The molecular weight excluding hydrogens is 398 g/mol. The molecule has 0 atom stereocenters. The fourth-order valence-electron chi connectivity index (χ4n) is 2.43. The highest BCUT2D eigenvalue weighted by Crippen LogP contribution is 2.34. The Labute approximate surface area is 173 Å². The average Bonchev–Trinajstić information content (AvgIpc) is 3.01. The summed E-state index contributed by atoms with van der Waals surface area (Å²) in [4.78, 5) is 26.5. The van der Waals surface area contributed by atoms with Crippen molar-refractivity contribution in [1.29, 1.82) is 0 Å². The van der Waals surface area contributed by atoms with E-state index in [-0.39, 0.29) is 5.91 Å². The van der Waals surface area contributed by atoms with Gasteiger partial charge in [0.05, 0.1) is 24.7 Å². The first-order chi connectivity index (χ1) is 13.3. The number of rotatable bonds is 6. The number of nitrogens with one attached hydrogen (secondary N) is 2. The van der Waals surface area contributed by atoms with E-state index in [0.717, 1.165) is 11.3 Å². The molecule has 0 unspecified atom stereocenters. The van der Waals surface area contributed by atoms with Crippen molar-refractivity contribution in [3.8, 4) is 5.75 Å². The van der Waals surface area contributed by atoms with E-state index in [1.165, 1.54) is 23.3 Å². The predicted molar refractivity (Wildman–Crippen MR) is 114 cm³/mol. The van der Waals surface area contributed by atoms with Crippen molar-refractivity contribution < 1.29 is 19.1 Å². The van der Waals surface area contributed by atoms with Gasteiger partial charge in [0, 0.05) is 20.6 Å². The van der Waals surface area contributed by atoms with Crippen LogP contribution in [0.1, 0.15) is 31.2 Å². The van der Waals surface area contributed by atoms with Crippen LogP contribution in [0.3, 0.4) is 0 Å². The lowest BCUT2D eigenvalue weighted by Gasteiger charge is -2.11. The first-order valence-corrected chi connectivity index (χ1v) is 9.62. The second-order valence-corrected chi connectivity index (χ2v) is 7.54. The lowest BCUT2D eigenvalue weighted by molar-refractivity contribution is 0.0601. The molecular formula is C19H23N3O4S2. The van der Waals surface area contributed by atoms with Crippen molar-refractivity contribution >= 4 is 45.5 Å². The summed E-state index contributed by atoms with van der Waals surface area (Å²) in [5, 5.41) is 6.92. The van der Waals surface area contributed by atoms with Gasteiger partial charge in [-0.15, -0.1) is 11.3 Å². The van der Waals surface area contributed by atoms with Gasteiger partial charge in [-0.2, -0.15) is 0 Å². The minimum atomic E-state index is -0.521. The van der Waals surface area contributed by atoms with Crippen molar-refractivity contribution in [2.45, 2.75) is 13.5 Å². The number of carbonyl (C=O) groups is 2. The zero-order valence-electron chi connectivity index (χ0n) is 16.4. The fraction of sp³-hybridized carbons (Fsp3) is 0.316. The molecule has 0 aliphatic heterocycles. The second kappa shape index (κ2) is 9.52. The van der Waals surface area contributed by atoms with Crippen LogP contribution in [0.25, 0.3) is 0 Å². The summed E-state index contributed by atoms with van der Waals surface area (Å²) in [6.45, 7) is 2.22. The van der Waals surface area contributed by atoms with Gasteiger partial charge in [0.15, 0.2) is 5.11 Å². The second-order valence-electron chi connectivity index (χ2n) is 6.11. The van der Waals surface area contributed by atoms with Gasteiger partial charge in [-0.3, -0.25) is 4.79 Å². The number of anilines is 1. The smallest absolute Gasteiger partial charge is 0.341 e. The Morgan fingerprint density at radius 2 is 1.82 bits per heavy atom. The highest BCUT2D eigenvalue weighted by molar-refractivity contribution is 7.80. The molecule has 0 fully saturated rings. The quantitative estimate of drug-likeness (QED) is 0.548. The number of carbonyl (C=O) groups excluding carboxylic acids is 2. The molecule has 0 aliphatic rings. The van der Waals surface area contributed by atoms with Crippen LogP contribution in [0.5, 0.6) is 5.75 Å². The van der Waals surface area contributed by atoms with E-state index >= 15 is 0 Å². The Balaban J connectivity index is 2.16. The van der Waals surface area contributed by atoms with E-state index in [2.05, 4.69) is 10.6 Å². The maximum absolute atomic E-state index is 12.4. The van der Waals surface area contributed by atoms with Crippen molar-refractivity contribution in [1.82, 2.24) is 10.2 Å². The van der Waals surface area contributed by atoms with Gasteiger partial charge in [-0.05, 0) is 42.4 Å². The Bertz CT molecular complexity index is 876. The molecule has 1 aromatic carbocycles. The summed E-state index contributed by atoms with van der Waals surface area (Å²) in [7, 11) is 6.24. The van der Waals surface area contributed by atoms with Crippen LogP contribution in [0.4, 0.5) is 5.00 Å². The maximum atomic E-state index is 12.4. The molecule has 0 bridgehead atoms. The predicted octanol–water partition coefficient (Wildman–Crippen LogP) is 3.04. The van der Waals surface area contributed by atoms with Crippen molar-refractivity contribution in [2.24, 2.45) is 0 Å². The maximum Gasteiger partial charge on any atom is 0.341 e. The largest absolute Gasteiger partial charge is 0.497 e. The third-order valence-electron chi connectivity index (χ3n) is 3.98. The average molecular weight is 422 g/mol. The normalized spacial score (nSPS) is 10.2. The standard InChI is InChI=1S/C19H23N3O4S2/c1-11-14(18(24)26-5)16(28-15(11)17(23)22(2)3)21-19(27)20-10-12-6-8-13(25-4)9-7-12/h6-9H,10H2,1-5H3,(H2,20,21,27). The lowest BCUT2D eigenvalue weighted by atomic mass is 10.1. The van der Waals surface area contributed by atoms with Gasteiger partial charge >= 0.3 is 5.97 Å². The summed E-state index contributed by atoms with van der Waals surface area (Å²) < 4.78 is 10.0. The number of benzene rings is 1. The third-order valence-corrected chi connectivity index (χ3v) is 5.42. The van der Waals surface area contributed by atoms with Gasteiger partial charge in [-0.25, -0.2) is 4.79 Å². The Morgan fingerprint density at radius 3 is 2.36 bits per heavy atom. The van der Waals surface area contributed by atoms with Crippen LogP contribution < -0.4 is 15.4 Å². The van der Waals surface area contributed by atoms with Crippen molar-refractivity contribution in [2.75, 3.05) is 33.6 Å². The molecule has 9 heteroatoms. The summed E-state index contributed by atoms with van der Waals surface area (Å²) in [5.41, 5.74) is 1.89. The van der Waals surface area contributed by atoms with E-state index in [0.29, 0.717) is 32.7 Å². The molecule has 0 aliphatic carbocycles. The molecule has 0 radical (unpaired) electrons. The van der Waals surface area contributed by atoms with Gasteiger partial charge in [0.25, 0.3) is 5.91 Å². The molecule has 0 saturated carbocycles. The molecule has 2 rings (SSSR count). The lowest BCUT2D eigenvalue weighted by Crippen LogP contribution is -2.28. The van der Waals surface area contributed by atoms with Crippen LogP contribution in [-0.4, -0.2) is 50.2 Å². The van der Waals surface area contributed by atoms with E-state index < -0.39 is 5.97 Å². The number of esters is 1. The number of nitrogens with zero attached hydrogens (tertiary/aromatic N) is 1. The molecule has 0 saturated heterocycles. The number of methoxy groups -OCH3 is 2. The van der Waals surface area contributed by atoms with Crippen LogP contribution >= 0.6 is 23.6 Å². The van der Waals surface area contributed by atoms with Crippen molar-refractivity contribution in [3.05, 3.63) is 45.8 Å². The number of amides is 1. The topological polar surface area (TPSA) is 79.9 Å². The van der Waals surface area contributed by atoms with Crippen LogP contribution in [0.2, 0.25) is 0 Å². The Morgan fingerprint density at radius 1 is 1.18 bits per heavy atom. The zero-order valence-corrected chi connectivity index (χ0v) is 18.0. The summed E-state index contributed by atoms with van der Waals surface area (Å²) in [6.07, 6.45) is 0. The van der Waals surface area contributed by atoms with E-state index in [1.54, 1.807) is 28.1 Å². The summed E-state index contributed by atoms with van der Waals surface area (Å²) in [5.74, 6) is 0.0733. The molecule has 2 aromatic rings. The number of hydrogen-bond acceptors (Lipinski definition) is 6. The molecule has 1 aromatic heterocycles. The van der Waals surface area contributed by atoms with E-state index in [9.17, 15) is 9.59 Å². The zero-order chi connectivity index (χ0) is 20.8. The number of hydrogen-bond donors (Lipinski definition) is 2. The Kier molecular flexibility index (Phi) is 7.36. The molecule has 2 N–H and O–H groups in total. The monoisotopic (exact) mass is 421 g/mol. The number of thiophene rings is 1. The van der Waals surface area contributed by atoms with E-state index in [4.69, 9.17) is 21.7 Å². The van der Waals surface area contributed by atoms with Gasteiger partial charge in [-0.1, -0.05) is 12.1 Å². The van der Waals surface area contributed by atoms with Gasteiger partial charge in [0.2, 0.25) is 0 Å². The fourth-order valence-corrected chi connectivity index (χ4v) is 3.89. The van der Waals surface area contributed by atoms with Gasteiger partial charge < -0.3 is 25.0 Å². The van der Waals surface area contributed by atoms with Gasteiger partial charge in [0.1, 0.15) is 10.8 Å². The summed E-state index contributed by atoms with van der Waals surface area (Å²) >= 11 is 6.52. The van der Waals surface area contributed by atoms with Crippen LogP contribution in [0.15, 0.2) is 24.3 Å². The highest BCUT2D eigenvalue weighted by atomic mass is 32.1. The third kappa shape index (κ3) is 4.99. The first-order valence-electron chi connectivity index (χ1n) is 8.39. The molecule has 28 heavy (non-hydrogen) atoms. The van der Waals surface area contributed by atoms with Crippen LogP contribution in [0, 0.1) is 6.92 Å². The van der Waals surface area contributed by atoms with Crippen LogP contribution in [-0.2, 0) is 11.3 Å².